The first-order valence-electron chi connectivity index (χ1n) is 37.4. The normalized spacial score (nSPS) is 12.3. The third kappa shape index (κ3) is 10.6. The Labute approximate surface area is 640 Å². The van der Waals surface area contributed by atoms with E-state index in [1.165, 1.54) is 0 Å². The molecule has 522 valence electrons. The Hall–Kier alpha value is -15.0. The number of rotatable bonds is 14. The molecular formula is C101H66N8O2. The van der Waals surface area contributed by atoms with Crippen LogP contribution in [0, 0.1) is 0 Å². The Morgan fingerprint density at radius 3 is 0.658 bits per heavy atom. The largest absolute Gasteiger partial charge is 0.507 e. The number of para-hydroxylation sites is 12. The number of hydrogen-bond acceptors (Lipinski definition) is 6. The zero-order valence-electron chi connectivity index (χ0n) is 59.9. The Morgan fingerprint density at radius 1 is 0.198 bits per heavy atom. The van der Waals surface area contributed by atoms with Gasteiger partial charge in [-0.15, -0.1) is 0 Å². The lowest BCUT2D eigenvalue weighted by atomic mass is 9.66. The van der Waals surface area contributed by atoms with Gasteiger partial charge < -0.3 is 10.2 Å². The molecule has 0 spiro atoms. The van der Waals surface area contributed by atoms with E-state index in [-0.39, 0.29) is 11.5 Å². The molecule has 0 aliphatic heterocycles. The van der Waals surface area contributed by atoms with Crippen LogP contribution in [0.5, 0.6) is 11.5 Å². The van der Waals surface area contributed by atoms with Gasteiger partial charge in [-0.05, 0) is 177 Å². The van der Waals surface area contributed by atoms with E-state index < -0.39 is 5.41 Å². The molecule has 21 rings (SSSR count). The first-order chi connectivity index (χ1) is 54.9. The van der Waals surface area contributed by atoms with Gasteiger partial charge in [-0.2, -0.15) is 0 Å². The van der Waals surface area contributed by atoms with Crippen molar-refractivity contribution in [1.82, 2.24) is 38.2 Å². The lowest BCUT2D eigenvalue weighted by Crippen LogP contribution is -2.29. The molecule has 0 bridgehead atoms. The molecule has 20 aromatic rings. The number of phenolic OH excluding ortho intramolecular Hbond substituents is 2. The van der Waals surface area contributed by atoms with Gasteiger partial charge >= 0.3 is 0 Å². The lowest BCUT2D eigenvalue weighted by Gasteiger charge is -2.36. The first kappa shape index (κ1) is 64.4. The maximum absolute atomic E-state index is 13.7. The molecule has 10 nitrogen and oxygen atoms in total. The summed E-state index contributed by atoms with van der Waals surface area (Å²) in [6, 6.07) is 135. The molecule has 0 atom stereocenters. The molecule has 0 amide bonds. The van der Waals surface area contributed by atoms with Crippen LogP contribution in [0.2, 0.25) is 0 Å². The molecule has 4 aromatic heterocycles. The summed E-state index contributed by atoms with van der Waals surface area (Å²) in [6.45, 7) is 0. The van der Waals surface area contributed by atoms with Crippen LogP contribution in [0.15, 0.2) is 388 Å². The number of aromatic hydroxyl groups is 2. The number of hydrogen-bond donors (Lipinski definition) is 2. The second-order valence-corrected chi connectivity index (χ2v) is 28.4. The van der Waals surface area contributed by atoms with Crippen molar-refractivity contribution in [3.8, 4) is 135 Å². The molecule has 16 aromatic carbocycles. The first-order valence-corrected chi connectivity index (χ1v) is 37.4. The predicted molar refractivity (Wildman–Crippen MR) is 449 cm³/mol. The fraction of sp³-hybridized carbons (Fsp3) is 0.00990. The van der Waals surface area contributed by atoms with Crippen LogP contribution in [0.1, 0.15) is 22.3 Å². The highest BCUT2D eigenvalue weighted by Crippen LogP contribution is 2.60. The smallest absolute Gasteiger partial charge is 0.145 e. The molecule has 4 heterocycles. The highest BCUT2D eigenvalue weighted by molar-refractivity contribution is 5.95. The minimum atomic E-state index is -1.12. The van der Waals surface area contributed by atoms with Crippen LogP contribution in [0.25, 0.3) is 168 Å². The summed E-state index contributed by atoms with van der Waals surface area (Å²) in [5.74, 6) is 3.44. The number of aromatic nitrogens is 8. The van der Waals surface area contributed by atoms with E-state index in [9.17, 15) is 10.2 Å². The molecule has 0 radical (unpaired) electrons. The van der Waals surface area contributed by atoms with Gasteiger partial charge in [0.2, 0.25) is 0 Å². The number of benzene rings is 16. The van der Waals surface area contributed by atoms with E-state index in [0.29, 0.717) is 22.3 Å². The lowest BCUT2D eigenvalue weighted by molar-refractivity contribution is 0.479. The van der Waals surface area contributed by atoms with Crippen LogP contribution in [-0.2, 0) is 5.41 Å². The minimum absolute atomic E-state index is 0.121. The molecule has 1 aliphatic rings. The fourth-order valence-corrected chi connectivity index (χ4v) is 17.0. The summed E-state index contributed by atoms with van der Waals surface area (Å²) < 4.78 is 8.86. The summed E-state index contributed by atoms with van der Waals surface area (Å²) in [7, 11) is 0. The average molecular weight is 1420 g/mol. The van der Waals surface area contributed by atoms with Crippen LogP contribution in [0.4, 0.5) is 0 Å². The zero-order valence-corrected chi connectivity index (χ0v) is 59.9. The molecule has 0 saturated carbocycles. The second-order valence-electron chi connectivity index (χ2n) is 28.4. The standard InChI is InChI=1S/C101H66N8O2/c110-95-81(65-45-53-69(54-46-65)97-102-87-37-17-21-41-91(87)106(97)75-25-5-1-6-26-75)61-73(62-82(95)66-47-55-70(56-48-66)98-103-88-38-18-22-42-92(88)107(98)76-27-7-2-8-28-76)101(85-35-15-13-33-79(85)80-34-14-16-36-86(80)101)74-63-83(67-49-57-71(58-50-67)99-104-89-39-19-23-43-93(89)108(99)77-29-9-3-10-30-77)96(111)84(64-74)68-51-59-72(60-52-68)100-105-90-40-20-24-44-94(90)109(100)78-31-11-4-12-32-78/h1-64,110-111H. The molecule has 2 N–H and O–H groups in total. The Kier molecular flexibility index (Phi) is 15.2. The van der Waals surface area contributed by atoms with Crippen molar-refractivity contribution in [2.24, 2.45) is 0 Å². The van der Waals surface area contributed by atoms with Crippen molar-refractivity contribution in [3.63, 3.8) is 0 Å². The minimum Gasteiger partial charge on any atom is -0.507 e. The molecule has 1 aliphatic carbocycles. The highest BCUT2D eigenvalue weighted by Gasteiger charge is 2.47. The van der Waals surface area contributed by atoms with Crippen molar-refractivity contribution in [3.05, 3.63) is 411 Å². The summed E-state index contributed by atoms with van der Waals surface area (Å²) in [5, 5.41) is 27.3. The van der Waals surface area contributed by atoms with E-state index in [0.717, 1.165) is 168 Å². The summed E-state index contributed by atoms with van der Waals surface area (Å²) >= 11 is 0. The van der Waals surface area contributed by atoms with Crippen molar-refractivity contribution in [2.45, 2.75) is 5.41 Å². The summed E-state index contributed by atoms with van der Waals surface area (Å²) in [6.07, 6.45) is 0. The van der Waals surface area contributed by atoms with Crippen LogP contribution in [-0.4, -0.2) is 48.4 Å². The maximum atomic E-state index is 13.7. The topological polar surface area (TPSA) is 112 Å². The van der Waals surface area contributed by atoms with Crippen molar-refractivity contribution >= 4 is 44.1 Å². The van der Waals surface area contributed by atoms with Gasteiger partial charge in [0.15, 0.2) is 0 Å². The molecule has 111 heavy (non-hydrogen) atoms. The number of phenols is 2. The third-order valence-electron chi connectivity index (χ3n) is 22.2. The molecule has 0 unspecified atom stereocenters. The van der Waals surface area contributed by atoms with Crippen LogP contribution in [0.3, 0.4) is 0 Å². The third-order valence-corrected chi connectivity index (χ3v) is 22.2. The highest BCUT2D eigenvalue weighted by atomic mass is 16.3. The Morgan fingerprint density at radius 2 is 0.405 bits per heavy atom. The molecule has 0 saturated heterocycles. The summed E-state index contributed by atoms with van der Waals surface area (Å²) in [5.41, 5.74) is 25.9. The average Bonchev–Trinajstić information content (AvgIpc) is 1.57. The van der Waals surface area contributed by atoms with Crippen molar-refractivity contribution in [1.29, 1.82) is 0 Å². The number of imidazole rings is 4. The van der Waals surface area contributed by atoms with Crippen LogP contribution >= 0.6 is 0 Å². The monoisotopic (exact) mass is 1420 g/mol. The summed E-state index contributed by atoms with van der Waals surface area (Å²) in [4.78, 5) is 21.1. The van der Waals surface area contributed by atoms with Gasteiger partial charge in [0.05, 0.1) is 49.5 Å². The van der Waals surface area contributed by atoms with E-state index in [2.05, 4.69) is 358 Å². The van der Waals surface area contributed by atoms with Gasteiger partial charge in [-0.1, -0.05) is 267 Å². The van der Waals surface area contributed by atoms with Crippen molar-refractivity contribution in [2.75, 3.05) is 0 Å². The Balaban J connectivity index is 0.799. The van der Waals surface area contributed by atoms with E-state index in [4.69, 9.17) is 19.9 Å². The van der Waals surface area contributed by atoms with E-state index in [1.807, 2.05) is 48.5 Å². The van der Waals surface area contributed by atoms with E-state index >= 15 is 0 Å². The van der Waals surface area contributed by atoms with Crippen LogP contribution < -0.4 is 0 Å². The van der Waals surface area contributed by atoms with Gasteiger partial charge in [0, 0.05) is 67.3 Å². The maximum Gasteiger partial charge on any atom is 0.145 e. The Bertz CT molecular complexity index is 6200. The van der Waals surface area contributed by atoms with E-state index in [1.54, 1.807) is 0 Å². The SMILES string of the molecule is Oc1c(-c2ccc(-c3nc4ccccc4n3-c3ccccc3)cc2)cc(C2(c3cc(-c4ccc(-c5nc6ccccc6n5-c5ccccc5)cc4)c(O)c(-c4ccc(-c5nc6ccccc6n5-c5ccccc5)cc4)c3)c3ccccc3-c3ccccc32)cc1-c1ccc(-c2nc3ccccc3n2-c2ccccc2)cc1. The van der Waals surface area contributed by atoms with Gasteiger partial charge in [-0.3, -0.25) is 18.3 Å². The zero-order chi connectivity index (χ0) is 73.7. The number of nitrogens with zero attached hydrogens (tertiary/aromatic N) is 8. The van der Waals surface area contributed by atoms with Gasteiger partial charge in [-0.25, -0.2) is 19.9 Å². The van der Waals surface area contributed by atoms with Crippen molar-refractivity contribution < 1.29 is 10.2 Å². The predicted octanol–water partition coefficient (Wildman–Crippen LogP) is 24.2. The van der Waals surface area contributed by atoms with Gasteiger partial charge in [0.1, 0.15) is 34.8 Å². The van der Waals surface area contributed by atoms with Gasteiger partial charge in [0.25, 0.3) is 0 Å². The molecular weight excluding hydrogens is 1360 g/mol. The second kappa shape index (κ2) is 26.2. The quantitative estimate of drug-likeness (QED) is 0.112. The molecule has 10 heteroatoms. The molecule has 0 fully saturated rings. The number of fused-ring (bicyclic) bond motifs is 7. The fourth-order valence-electron chi connectivity index (χ4n) is 17.0.